The number of nitrogens with zero attached hydrogens (tertiary/aromatic N) is 2. The fourth-order valence-electron chi connectivity index (χ4n) is 4.14. The second-order valence-electron chi connectivity index (χ2n) is 8.03. The third-order valence-electron chi connectivity index (χ3n) is 6.12. The van der Waals surface area contributed by atoms with Gasteiger partial charge in [0.05, 0.1) is 0 Å². The molecule has 1 aliphatic carbocycles. The van der Waals surface area contributed by atoms with Crippen LogP contribution in [0, 0.1) is 5.92 Å². The molecule has 3 fully saturated rings. The lowest BCUT2D eigenvalue weighted by molar-refractivity contribution is -0.141. The van der Waals surface area contributed by atoms with Crippen LogP contribution in [0.2, 0.25) is 0 Å². The highest BCUT2D eigenvalue weighted by Gasteiger charge is 2.57. The smallest absolute Gasteiger partial charge is 0.323 e. The Balaban J connectivity index is 1.47. The van der Waals surface area contributed by atoms with Crippen molar-refractivity contribution in [3.05, 3.63) is 35.9 Å². The maximum absolute atomic E-state index is 13.0. The van der Waals surface area contributed by atoms with Gasteiger partial charge in [0.25, 0.3) is 17.7 Å². The van der Waals surface area contributed by atoms with Gasteiger partial charge in [0, 0.05) is 0 Å². The standard InChI is InChI=1S/C20H23N5O5/c1-3-20(13-7-5-4-6-8-13)16(28)25(18(30)22-20)23-14(26)11-24-15(27)19(2,12-9-10-12)21-17(24)29/h4-8,12H,3,9-11H2,1-2H3,(H,21,29)(H,22,30)(H,23,26)/t19-,20-/m1/s1. The van der Waals surface area contributed by atoms with Crippen molar-refractivity contribution in [2.45, 2.75) is 44.2 Å². The molecule has 0 bridgehead atoms. The highest BCUT2D eigenvalue weighted by molar-refractivity contribution is 6.11. The molecule has 10 heteroatoms. The largest absolute Gasteiger partial charge is 0.344 e. The minimum atomic E-state index is -1.29. The summed E-state index contributed by atoms with van der Waals surface area (Å²) < 4.78 is 0. The Morgan fingerprint density at radius 3 is 2.33 bits per heavy atom. The molecule has 0 unspecified atom stereocenters. The molecule has 3 aliphatic rings. The van der Waals surface area contributed by atoms with Crippen molar-refractivity contribution < 1.29 is 24.0 Å². The first kappa shape index (κ1) is 19.9. The molecule has 10 nitrogen and oxygen atoms in total. The maximum Gasteiger partial charge on any atom is 0.344 e. The van der Waals surface area contributed by atoms with Crippen molar-refractivity contribution in [1.82, 2.24) is 26.0 Å². The third-order valence-corrected chi connectivity index (χ3v) is 6.12. The molecule has 2 atom stereocenters. The molecule has 0 spiro atoms. The molecule has 1 aromatic rings. The zero-order valence-corrected chi connectivity index (χ0v) is 16.7. The number of rotatable bonds is 6. The minimum Gasteiger partial charge on any atom is -0.323 e. The predicted molar refractivity (Wildman–Crippen MR) is 103 cm³/mol. The Morgan fingerprint density at radius 2 is 1.73 bits per heavy atom. The maximum atomic E-state index is 13.0. The van der Waals surface area contributed by atoms with Crippen molar-refractivity contribution >= 4 is 29.8 Å². The molecular formula is C20H23N5O5. The number of urea groups is 2. The van der Waals surface area contributed by atoms with Crippen molar-refractivity contribution in [3.63, 3.8) is 0 Å². The van der Waals surface area contributed by atoms with Gasteiger partial charge in [-0.1, -0.05) is 37.3 Å². The lowest BCUT2D eigenvalue weighted by atomic mass is 9.87. The average Bonchev–Trinajstić information content (AvgIpc) is 3.53. The number of benzene rings is 1. The lowest BCUT2D eigenvalue weighted by Gasteiger charge is -2.25. The van der Waals surface area contributed by atoms with Gasteiger partial charge in [-0.2, -0.15) is 5.01 Å². The molecule has 30 heavy (non-hydrogen) atoms. The molecule has 3 N–H and O–H groups in total. The number of nitrogens with one attached hydrogen (secondary N) is 3. The second-order valence-corrected chi connectivity index (χ2v) is 8.03. The molecule has 2 saturated heterocycles. The number of hydrazine groups is 1. The van der Waals surface area contributed by atoms with Gasteiger partial charge in [-0.15, -0.1) is 0 Å². The van der Waals surface area contributed by atoms with Crippen LogP contribution in [0.25, 0.3) is 0 Å². The van der Waals surface area contributed by atoms with Crippen LogP contribution in [-0.4, -0.2) is 51.8 Å². The Kier molecular flexibility index (Phi) is 4.52. The van der Waals surface area contributed by atoms with E-state index in [-0.39, 0.29) is 12.3 Å². The number of hydrogen-bond donors (Lipinski definition) is 3. The number of carbonyl (C=O) groups is 5. The van der Waals surface area contributed by atoms with Gasteiger partial charge < -0.3 is 10.6 Å². The zero-order chi connectivity index (χ0) is 21.7. The van der Waals surface area contributed by atoms with Gasteiger partial charge in [0.1, 0.15) is 17.6 Å². The van der Waals surface area contributed by atoms with Crippen molar-refractivity contribution in [3.8, 4) is 0 Å². The highest BCUT2D eigenvalue weighted by Crippen LogP contribution is 2.42. The minimum absolute atomic E-state index is 0.0593. The predicted octanol–water partition coefficient (Wildman–Crippen LogP) is 0.595. The Bertz CT molecular complexity index is 946. The summed E-state index contributed by atoms with van der Waals surface area (Å²) in [6.45, 7) is 2.81. The highest BCUT2D eigenvalue weighted by atomic mass is 16.2. The quantitative estimate of drug-likeness (QED) is 0.588. The van der Waals surface area contributed by atoms with E-state index in [2.05, 4.69) is 16.1 Å². The fraction of sp³-hybridized carbons (Fsp3) is 0.450. The molecule has 158 valence electrons. The van der Waals surface area contributed by atoms with Crippen LogP contribution in [0.1, 0.15) is 38.7 Å². The molecule has 7 amide bonds. The summed E-state index contributed by atoms with van der Waals surface area (Å²) in [5, 5.41) is 5.91. The van der Waals surface area contributed by atoms with Crippen LogP contribution in [-0.2, 0) is 19.9 Å². The summed E-state index contributed by atoms with van der Waals surface area (Å²) in [4.78, 5) is 63.7. The molecule has 1 aromatic carbocycles. The second kappa shape index (κ2) is 6.82. The summed E-state index contributed by atoms with van der Waals surface area (Å²) in [6.07, 6.45) is 1.95. The van der Waals surface area contributed by atoms with E-state index >= 15 is 0 Å². The molecule has 2 heterocycles. The van der Waals surface area contributed by atoms with Crippen LogP contribution >= 0.6 is 0 Å². The van der Waals surface area contributed by atoms with Gasteiger partial charge >= 0.3 is 12.1 Å². The van der Waals surface area contributed by atoms with Crippen LogP contribution in [0.3, 0.4) is 0 Å². The van der Waals surface area contributed by atoms with E-state index in [0.29, 0.717) is 10.6 Å². The van der Waals surface area contributed by atoms with E-state index in [0.717, 1.165) is 17.7 Å². The summed E-state index contributed by atoms with van der Waals surface area (Å²) >= 11 is 0. The van der Waals surface area contributed by atoms with Gasteiger partial charge in [0.2, 0.25) is 0 Å². The molecule has 4 rings (SSSR count). The van der Waals surface area contributed by atoms with Crippen LogP contribution < -0.4 is 16.1 Å². The first-order valence-electron chi connectivity index (χ1n) is 9.88. The van der Waals surface area contributed by atoms with E-state index in [1.165, 1.54) is 0 Å². The first-order valence-corrected chi connectivity index (χ1v) is 9.88. The summed E-state index contributed by atoms with van der Waals surface area (Å²) in [6, 6.07) is 7.30. The first-order chi connectivity index (χ1) is 14.2. The van der Waals surface area contributed by atoms with E-state index in [1.54, 1.807) is 44.2 Å². The number of hydrogen-bond acceptors (Lipinski definition) is 5. The Morgan fingerprint density at radius 1 is 1.07 bits per heavy atom. The number of imide groups is 2. The summed E-state index contributed by atoms with van der Waals surface area (Å²) in [5.41, 5.74) is 0.525. The molecule has 1 saturated carbocycles. The SMILES string of the molecule is CC[C@]1(c2ccccc2)NC(=O)N(NC(=O)CN2C(=O)N[C@](C)(C3CC3)C2=O)C1=O. The Labute approximate surface area is 172 Å². The van der Waals surface area contributed by atoms with Crippen molar-refractivity contribution in [2.75, 3.05) is 6.54 Å². The average molecular weight is 413 g/mol. The van der Waals surface area contributed by atoms with Gasteiger partial charge in [-0.25, -0.2) is 9.59 Å². The molecule has 0 radical (unpaired) electrons. The van der Waals surface area contributed by atoms with Gasteiger partial charge in [-0.3, -0.25) is 24.7 Å². The lowest BCUT2D eigenvalue weighted by Crippen LogP contribution is -2.52. The molecular weight excluding hydrogens is 390 g/mol. The van der Waals surface area contributed by atoms with Crippen LogP contribution in [0.15, 0.2) is 30.3 Å². The topological polar surface area (TPSA) is 128 Å². The number of amides is 7. The van der Waals surface area contributed by atoms with E-state index in [1.807, 2.05) is 0 Å². The third kappa shape index (κ3) is 2.90. The van der Waals surface area contributed by atoms with E-state index < -0.39 is 47.4 Å². The summed E-state index contributed by atoms with van der Waals surface area (Å²) in [7, 11) is 0. The normalized spacial score (nSPS) is 28.6. The Hall–Kier alpha value is -3.43. The fourth-order valence-corrected chi connectivity index (χ4v) is 4.14. The summed E-state index contributed by atoms with van der Waals surface area (Å²) in [5.74, 6) is -1.87. The monoisotopic (exact) mass is 413 g/mol. The zero-order valence-electron chi connectivity index (χ0n) is 16.7. The molecule has 2 aliphatic heterocycles. The number of carbonyl (C=O) groups excluding carboxylic acids is 5. The van der Waals surface area contributed by atoms with Crippen molar-refractivity contribution in [1.29, 1.82) is 0 Å². The van der Waals surface area contributed by atoms with Crippen LogP contribution in [0.5, 0.6) is 0 Å². The van der Waals surface area contributed by atoms with Crippen molar-refractivity contribution in [2.24, 2.45) is 5.92 Å². The molecule has 0 aromatic heterocycles. The van der Waals surface area contributed by atoms with Crippen LogP contribution in [0.4, 0.5) is 9.59 Å². The van der Waals surface area contributed by atoms with Gasteiger partial charge in [0.15, 0.2) is 0 Å². The van der Waals surface area contributed by atoms with E-state index in [4.69, 9.17) is 0 Å². The van der Waals surface area contributed by atoms with Gasteiger partial charge in [-0.05, 0) is 37.7 Å². The van der Waals surface area contributed by atoms with E-state index in [9.17, 15) is 24.0 Å².